The molecule has 2 heterocycles. The Bertz CT molecular complexity index is 760. The van der Waals surface area contributed by atoms with E-state index in [-0.39, 0.29) is 5.75 Å². The topological polar surface area (TPSA) is 63.4 Å². The second kappa shape index (κ2) is 5.61. The highest BCUT2D eigenvalue weighted by atomic mass is 35.5. The fourth-order valence-electron chi connectivity index (χ4n) is 2.38. The lowest BCUT2D eigenvalue weighted by Crippen LogP contribution is -2.36. The molecule has 1 aromatic heterocycles. The maximum absolute atomic E-state index is 12.4. The van der Waals surface area contributed by atoms with Gasteiger partial charge in [0, 0.05) is 19.2 Å². The molecule has 21 heavy (non-hydrogen) atoms. The van der Waals surface area contributed by atoms with Crippen LogP contribution < -0.4 is 0 Å². The first kappa shape index (κ1) is 14.8. The van der Waals surface area contributed by atoms with Gasteiger partial charge in [0.2, 0.25) is 10.0 Å². The maximum atomic E-state index is 12.4. The third-order valence-electron chi connectivity index (χ3n) is 3.46. The number of hydrogen-bond donors (Lipinski definition) is 0. The van der Waals surface area contributed by atoms with E-state index in [1.165, 1.54) is 10.5 Å². The Kier molecular flexibility index (Phi) is 3.96. The van der Waals surface area contributed by atoms with Gasteiger partial charge < -0.3 is 4.52 Å². The van der Waals surface area contributed by atoms with Crippen molar-refractivity contribution in [1.82, 2.24) is 9.46 Å². The highest BCUT2D eigenvalue weighted by Gasteiger charge is 2.29. The molecule has 0 bridgehead atoms. The summed E-state index contributed by atoms with van der Waals surface area (Å²) in [6.07, 6.45) is 1.97. The second-order valence-electron chi connectivity index (χ2n) is 4.82. The number of hydrogen-bond acceptors (Lipinski definition) is 4. The van der Waals surface area contributed by atoms with E-state index in [0.29, 0.717) is 35.3 Å². The van der Waals surface area contributed by atoms with E-state index in [0.717, 1.165) is 11.1 Å². The molecular weight excluding hydrogens is 335 g/mol. The molecule has 1 aliphatic heterocycles. The van der Waals surface area contributed by atoms with Crippen LogP contribution in [0.4, 0.5) is 0 Å². The number of halogens is 2. The smallest absolute Gasteiger partial charge is 0.221 e. The normalized spacial score (nSPS) is 15.9. The summed E-state index contributed by atoms with van der Waals surface area (Å²) in [6, 6.07) is 5.06. The molecule has 0 fully saturated rings. The molecule has 5 nitrogen and oxygen atoms in total. The number of fused-ring (bicyclic) bond motifs is 1. The lowest BCUT2D eigenvalue weighted by molar-refractivity contribution is 0.372. The van der Waals surface area contributed by atoms with Gasteiger partial charge in [0.15, 0.2) is 5.76 Å². The summed E-state index contributed by atoms with van der Waals surface area (Å²) >= 11 is 12.1. The molecule has 2 aromatic rings. The lowest BCUT2D eigenvalue weighted by Gasteiger charge is -2.28. The highest BCUT2D eigenvalue weighted by molar-refractivity contribution is 7.88. The molecule has 0 amide bonds. The molecule has 0 N–H and O–H groups in total. The molecule has 8 heteroatoms. The van der Waals surface area contributed by atoms with Crippen molar-refractivity contribution >= 4 is 33.2 Å². The van der Waals surface area contributed by atoms with Crippen molar-refractivity contribution in [3.63, 3.8) is 0 Å². The standard InChI is InChI=1S/C13H12Cl2N2O3S/c14-12-2-1-9-7-17(6-4-11(9)13(12)15)21(18,19)8-10-3-5-16-20-10/h1-3,5H,4,6-8H2. The molecule has 0 unspecified atom stereocenters. The Balaban J connectivity index is 1.84. The van der Waals surface area contributed by atoms with Crippen LogP contribution in [0.15, 0.2) is 28.9 Å². The Hall–Kier alpha value is -1.08. The Labute approximate surface area is 132 Å². The summed E-state index contributed by atoms with van der Waals surface area (Å²) in [5, 5.41) is 4.53. The second-order valence-corrected chi connectivity index (χ2v) is 7.57. The number of aromatic nitrogens is 1. The van der Waals surface area contributed by atoms with Crippen molar-refractivity contribution in [3.05, 3.63) is 51.3 Å². The average molecular weight is 347 g/mol. The van der Waals surface area contributed by atoms with Gasteiger partial charge in [-0.25, -0.2) is 8.42 Å². The van der Waals surface area contributed by atoms with Crippen LogP contribution in [0.5, 0.6) is 0 Å². The Morgan fingerprint density at radius 3 is 2.81 bits per heavy atom. The van der Waals surface area contributed by atoms with Crippen LogP contribution in [0.2, 0.25) is 10.0 Å². The van der Waals surface area contributed by atoms with Crippen molar-refractivity contribution in [2.45, 2.75) is 18.7 Å². The van der Waals surface area contributed by atoms with Gasteiger partial charge >= 0.3 is 0 Å². The minimum absolute atomic E-state index is 0.191. The fraction of sp³-hybridized carbons (Fsp3) is 0.308. The molecular formula is C13H12Cl2N2O3S. The van der Waals surface area contributed by atoms with E-state index < -0.39 is 10.0 Å². The van der Waals surface area contributed by atoms with Gasteiger partial charge in [0.1, 0.15) is 5.75 Å². The van der Waals surface area contributed by atoms with E-state index in [4.69, 9.17) is 27.7 Å². The van der Waals surface area contributed by atoms with E-state index in [1.807, 2.05) is 6.07 Å². The van der Waals surface area contributed by atoms with Crippen LogP contribution in [0, 0.1) is 0 Å². The minimum atomic E-state index is -3.45. The molecule has 0 saturated heterocycles. The van der Waals surface area contributed by atoms with Crippen molar-refractivity contribution in [2.24, 2.45) is 0 Å². The minimum Gasteiger partial charge on any atom is -0.360 e. The SMILES string of the molecule is O=S(=O)(Cc1ccno1)N1CCc2c(ccc(Cl)c2Cl)C1. The number of benzene rings is 1. The maximum Gasteiger partial charge on any atom is 0.221 e. The largest absolute Gasteiger partial charge is 0.360 e. The summed E-state index contributed by atoms with van der Waals surface area (Å²) in [5.41, 5.74) is 1.81. The molecule has 0 atom stereocenters. The summed E-state index contributed by atoms with van der Waals surface area (Å²) in [7, 11) is -3.45. The summed E-state index contributed by atoms with van der Waals surface area (Å²) in [5.74, 6) is 0.138. The zero-order valence-corrected chi connectivity index (χ0v) is 13.2. The van der Waals surface area contributed by atoms with Crippen molar-refractivity contribution in [2.75, 3.05) is 6.54 Å². The van der Waals surface area contributed by atoms with E-state index >= 15 is 0 Å². The van der Waals surface area contributed by atoms with Crippen molar-refractivity contribution in [3.8, 4) is 0 Å². The monoisotopic (exact) mass is 346 g/mol. The van der Waals surface area contributed by atoms with Crippen molar-refractivity contribution < 1.29 is 12.9 Å². The molecule has 112 valence electrons. The quantitative estimate of drug-likeness (QED) is 0.857. The van der Waals surface area contributed by atoms with E-state index in [9.17, 15) is 8.42 Å². The summed E-state index contributed by atoms with van der Waals surface area (Å²) in [4.78, 5) is 0. The first-order valence-corrected chi connectivity index (χ1v) is 8.67. The zero-order chi connectivity index (χ0) is 15.0. The van der Waals surface area contributed by atoms with Crippen LogP contribution in [0.3, 0.4) is 0 Å². The van der Waals surface area contributed by atoms with Crippen LogP contribution in [0.1, 0.15) is 16.9 Å². The first-order valence-electron chi connectivity index (χ1n) is 6.30. The third kappa shape index (κ3) is 2.94. The van der Waals surface area contributed by atoms with Crippen LogP contribution in [-0.4, -0.2) is 24.4 Å². The van der Waals surface area contributed by atoms with Gasteiger partial charge in [-0.3, -0.25) is 0 Å². The van der Waals surface area contributed by atoms with Gasteiger partial charge in [-0.2, -0.15) is 4.31 Å². The van der Waals surface area contributed by atoms with Gasteiger partial charge in [-0.05, 0) is 23.6 Å². The van der Waals surface area contributed by atoms with Crippen LogP contribution in [0.25, 0.3) is 0 Å². The molecule has 3 rings (SSSR count). The summed E-state index contributed by atoms with van der Waals surface area (Å²) in [6.45, 7) is 0.673. The van der Waals surface area contributed by atoms with Gasteiger partial charge in [0.05, 0.1) is 16.2 Å². The highest BCUT2D eigenvalue weighted by Crippen LogP contribution is 2.33. The van der Waals surface area contributed by atoms with Gasteiger partial charge in [0.25, 0.3) is 0 Å². The third-order valence-corrected chi connectivity index (χ3v) is 6.05. The van der Waals surface area contributed by atoms with Crippen molar-refractivity contribution in [1.29, 1.82) is 0 Å². The zero-order valence-electron chi connectivity index (χ0n) is 10.9. The molecule has 0 aliphatic carbocycles. The first-order chi connectivity index (χ1) is 9.97. The van der Waals surface area contributed by atoms with Crippen LogP contribution >= 0.6 is 23.2 Å². The number of rotatable bonds is 3. The Morgan fingerprint density at radius 2 is 2.10 bits per heavy atom. The van der Waals surface area contributed by atoms with Crippen LogP contribution in [-0.2, 0) is 28.7 Å². The number of nitrogens with zero attached hydrogens (tertiary/aromatic N) is 2. The van der Waals surface area contributed by atoms with Gasteiger partial charge in [-0.1, -0.05) is 34.4 Å². The Morgan fingerprint density at radius 1 is 1.29 bits per heavy atom. The lowest BCUT2D eigenvalue weighted by atomic mass is 10.0. The molecule has 0 saturated carbocycles. The predicted molar refractivity (Wildman–Crippen MR) is 79.7 cm³/mol. The molecule has 1 aliphatic rings. The fourth-order valence-corrected chi connectivity index (χ4v) is 4.23. The summed E-state index contributed by atoms with van der Waals surface area (Å²) < 4.78 is 31.1. The average Bonchev–Trinajstić information content (AvgIpc) is 2.95. The van der Waals surface area contributed by atoms with E-state index in [2.05, 4.69) is 5.16 Å². The predicted octanol–water partition coefficient (Wildman–Crippen LogP) is 2.87. The molecule has 1 aromatic carbocycles. The number of sulfonamides is 1. The van der Waals surface area contributed by atoms with E-state index in [1.54, 1.807) is 12.1 Å². The molecule has 0 spiro atoms. The molecule has 0 radical (unpaired) electrons. The van der Waals surface area contributed by atoms with Gasteiger partial charge in [-0.15, -0.1) is 0 Å².